The van der Waals surface area contributed by atoms with E-state index in [2.05, 4.69) is 4.98 Å². The van der Waals surface area contributed by atoms with Crippen LogP contribution in [0.15, 0.2) is 24.5 Å². The molecule has 0 N–H and O–H groups in total. The molecule has 0 aromatic carbocycles. The molecule has 2 aliphatic rings. The fraction of sp³-hybridized carbons (Fsp3) is 0.600. The van der Waals surface area contributed by atoms with Crippen molar-refractivity contribution in [3.05, 3.63) is 30.1 Å². The zero-order chi connectivity index (χ0) is 13.8. The molecule has 108 valence electrons. The second kappa shape index (κ2) is 5.89. The first kappa shape index (κ1) is 13.5. The van der Waals surface area contributed by atoms with Crippen molar-refractivity contribution in [1.29, 1.82) is 0 Å². The topological polar surface area (TPSA) is 51.7 Å². The molecule has 1 spiro atoms. The van der Waals surface area contributed by atoms with Crippen LogP contribution in [-0.2, 0) is 9.47 Å². The van der Waals surface area contributed by atoms with Crippen LogP contribution in [0.5, 0.6) is 0 Å². The molecule has 1 aromatic heterocycles. The van der Waals surface area contributed by atoms with E-state index in [4.69, 9.17) is 9.47 Å². The van der Waals surface area contributed by atoms with Gasteiger partial charge in [0.1, 0.15) is 0 Å². The number of carbonyl (C=O) groups excluding carboxylic acids is 1. The molecule has 2 aliphatic heterocycles. The molecule has 0 bridgehead atoms. The van der Waals surface area contributed by atoms with Crippen molar-refractivity contribution in [2.24, 2.45) is 5.41 Å². The second-order valence-electron chi connectivity index (χ2n) is 5.63. The van der Waals surface area contributed by atoms with Crippen molar-refractivity contribution >= 4 is 5.91 Å². The van der Waals surface area contributed by atoms with Crippen molar-refractivity contribution in [2.75, 3.05) is 39.5 Å². The highest BCUT2D eigenvalue weighted by Crippen LogP contribution is 2.33. The number of pyridine rings is 1. The molecular weight excluding hydrogens is 256 g/mol. The van der Waals surface area contributed by atoms with Gasteiger partial charge in [0, 0.05) is 49.7 Å². The van der Waals surface area contributed by atoms with Crippen LogP contribution in [0.4, 0.5) is 0 Å². The van der Waals surface area contributed by atoms with Crippen molar-refractivity contribution in [1.82, 2.24) is 9.88 Å². The van der Waals surface area contributed by atoms with Gasteiger partial charge in [0.2, 0.25) is 0 Å². The average Bonchev–Trinajstić information content (AvgIpc) is 2.71. The van der Waals surface area contributed by atoms with Gasteiger partial charge in [-0.3, -0.25) is 9.78 Å². The molecule has 2 saturated heterocycles. The Balaban J connectivity index is 1.76. The van der Waals surface area contributed by atoms with Gasteiger partial charge in [0.05, 0.1) is 13.2 Å². The summed E-state index contributed by atoms with van der Waals surface area (Å²) in [7, 11) is 0. The highest BCUT2D eigenvalue weighted by molar-refractivity contribution is 5.94. The quantitative estimate of drug-likeness (QED) is 0.777. The summed E-state index contributed by atoms with van der Waals surface area (Å²) in [6, 6.07) is 3.54. The van der Waals surface area contributed by atoms with E-state index in [1.807, 2.05) is 4.90 Å². The molecule has 0 saturated carbocycles. The first-order valence-corrected chi connectivity index (χ1v) is 7.14. The monoisotopic (exact) mass is 276 g/mol. The summed E-state index contributed by atoms with van der Waals surface area (Å²) in [5, 5.41) is 0. The fourth-order valence-corrected chi connectivity index (χ4v) is 2.95. The van der Waals surface area contributed by atoms with E-state index in [0.717, 1.165) is 39.2 Å². The zero-order valence-electron chi connectivity index (χ0n) is 11.6. The number of hydrogen-bond donors (Lipinski definition) is 0. The van der Waals surface area contributed by atoms with Gasteiger partial charge in [0.25, 0.3) is 5.91 Å². The number of hydrogen-bond acceptors (Lipinski definition) is 4. The van der Waals surface area contributed by atoms with E-state index < -0.39 is 0 Å². The summed E-state index contributed by atoms with van der Waals surface area (Å²) in [4.78, 5) is 18.5. The predicted octanol–water partition coefficient (Wildman–Crippen LogP) is 1.35. The van der Waals surface area contributed by atoms with Gasteiger partial charge in [-0.05, 0) is 25.0 Å². The van der Waals surface area contributed by atoms with E-state index in [9.17, 15) is 4.79 Å². The highest BCUT2D eigenvalue weighted by atomic mass is 16.5. The van der Waals surface area contributed by atoms with Crippen LogP contribution in [0.2, 0.25) is 0 Å². The lowest BCUT2D eigenvalue weighted by atomic mass is 9.80. The third-order valence-corrected chi connectivity index (χ3v) is 4.21. The molecule has 5 heteroatoms. The summed E-state index contributed by atoms with van der Waals surface area (Å²) < 4.78 is 11.2. The molecule has 3 rings (SSSR count). The minimum atomic E-state index is 0.0669. The minimum absolute atomic E-state index is 0.0669. The van der Waals surface area contributed by atoms with Gasteiger partial charge in [-0.1, -0.05) is 0 Å². The molecule has 5 nitrogen and oxygen atoms in total. The molecule has 1 aromatic rings. The average molecular weight is 276 g/mol. The first-order chi connectivity index (χ1) is 9.79. The maximum Gasteiger partial charge on any atom is 0.254 e. The van der Waals surface area contributed by atoms with E-state index in [0.29, 0.717) is 18.7 Å². The summed E-state index contributed by atoms with van der Waals surface area (Å²) >= 11 is 0. The number of carbonyl (C=O) groups is 1. The van der Waals surface area contributed by atoms with Gasteiger partial charge in [-0.25, -0.2) is 0 Å². The van der Waals surface area contributed by atoms with Crippen LogP contribution in [0.1, 0.15) is 23.2 Å². The molecule has 2 fully saturated rings. The maximum absolute atomic E-state index is 12.6. The van der Waals surface area contributed by atoms with Crippen molar-refractivity contribution in [2.45, 2.75) is 12.8 Å². The molecule has 0 atom stereocenters. The van der Waals surface area contributed by atoms with Crippen LogP contribution >= 0.6 is 0 Å². The molecule has 3 heterocycles. The molecule has 0 unspecified atom stereocenters. The summed E-state index contributed by atoms with van der Waals surface area (Å²) in [6.07, 6.45) is 5.25. The predicted molar refractivity (Wildman–Crippen MR) is 73.4 cm³/mol. The summed E-state index contributed by atoms with van der Waals surface area (Å²) in [6.45, 7) is 4.29. The number of ether oxygens (including phenoxy) is 2. The van der Waals surface area contributed by atoms with Crippen molar-refractivity contribution < 1.29 is 14.3 Å². The molecule has 20 heavy (non-hydrogen) atoms. The number of nitrogens with zero attached hydrogens (tertiary/aromatic N) is 2. The van der Waals surface area contributed by atoms with Gasteiger partial charge < -0.3 is 14.4 Å². The fourth-order valence-electron chi connectivity index (χ4n) is 2.95. The first-order valence-electron chi connectivity index (χ1n) is 7.14. The van der Waals surface area contributed by atoms with Crippen LogP contribution in [0, 0.1) is 5.41 Å². The second-order valence-corrected chi connectivity index (χ2v) is 5.63. The highest BCUT2D eigenvalue weighted by Gasteiger charge is 2.38. The molecule has 0 radical (unpaired) electrons. The lowest BCUT2D eigenvalue weighted by molar-refractivity contribution is -0.0304. The van der Waals surface area contributed by atoms with Gasteiger partial charge in [0.15, 0.2) is 0 Å². The van der Waals surface area contributed by atoms with Crippen LogP contribution in [0.25, 0.3) is 0 Å². The lowest BCUT2D eigenvalue weighted by Gasteiger charge is -2.38. The van der Waals surface area contributed by atoms with E-state index in [1.165, 1.54) is 0 Å². The lowest BCUT2D eigenvalue weighted by Crippen LogP contribution is -2.44. The molecular formula is C15H20N2O3. The SMILES string of the molecule is O=C(c1ccncc1)N1CCOCC2(CCOCC2)C1. The Morgan fingerprint density at radius 1 is 1.15 bits per heavy atom. The molecule has 1 amide bonds. The van der Waals surface area contributed by atoms with Gasteiger partial charge in [-0.15, -0.1) is 0 Å². The Morgan fingerprint density at radius 2 is 1.90 bits per heavy atom. The Morgan fingerprint density at radius 3 is 2.65 bits per heavy atom. The Hall–Kier alpha value is -1.46. The van der Waals surface area contributed by atoms with E-state index in [1.54, 1.807) is 24.5 Å². The van der Waals surface area contributed by atoms with Gasteiger partial charge in [-0.2, -0.15) is 0 Å². The van der Waals surface area contributed by atoms with Crippen molar-refractivity contribution in [3.63, 3.8) is 0 Å². The maximum atomic E-state index is 12.6. The smallest absolute Gasteiger partial charge is 0.254 e. The number of aromatic nitrogens is 1. The standard InChI is InChI=1S/C15H20N2O3/c18-14(13-1-5-16-6-2-13)17-7-10-20-12-15(11-17)3-8-19-9-4-15/h1-2,5-6H,3-4,7-12H2. The Labute approximate surface area is 118 Å². The molecule has 0 aliphatic carbocycles. The van der Waals surface area contributed by atoms with E-state index in [-0.39, 0.29) is 11.3 Å². The number of amides is 1. The largest absolute Gasteiger partial charge is 0.381 e. The summed E-state index contributed by atoms with van der Waals surface area (Å²) in [5.74, 6) is 0.0729. The third kappa shape index (κ3) is 2.83. The minimum Gasteiger partial charge on any atom is -0.381 e. The normalized spacial score (nSPS) is 22.5. The van der Waals surface area contributed by atoms with Crippen LogP contribution in [0.3, 0.4) is 0 Å². The van der Waals surface area contributed by atoms with Crippen molar-refractivity contribution in [3.8, 4) is 0 Å². The summed E-state index contributed by atoms with van der Waals surface area (Å²) in [5.41, 5.74) is 0.765. The van der Waals surface area contributed by atoms with Crippen LogP contribution < -0.4 is 0 Å². The van der Waals surface area contributed by atoms with E-state index >= 15 is 0 Å². The Bertz CT molecular complexity index is 457. The zero-order valence-corrected chi connectivity index (χ0v) is 11.6. The van der Waals surface area contributed by atoms with Gasteiger partial charge >= 0.3 is 0 Å². The third-order valence-electron chi connectivity index (χ3n) is 4.21. The number of rotatable bonds is 1. The Kier molecular flexibility index (Phi) is 3.98. The van der Waals surface area contributed by atoms with Crippen LogP contribution in [-0.4, -0.2) is 55.3 Å².